The fourth-order valence-electron chi connectivity index (χ4n) is 2.04. The first-order chi connectivity index (χ1) is 9.58. The monoisotopic (exact) mass is 292 g/mol. The van der Waals surface area contributed by atoms with Gasteiger partial charge in [-0.05, 0) is 24.6 Å². The van der Waals surface area contributed by atoms with Gasteiger partial charge >= 0.3 is 5.97 Å². The number of hydrogen-bond acceptors (Lipinski definition) is 5. The number of carbonyl (C=O) groups excluding carboxylic acids is 1. The van der Waals surface area contributed by atoms with Crippen LogP contribution in [-0.4, -0.2) is 29.1 Å². The Labute approximate surface area is 118 Å². The van der Waals surface area contributed by atoms with Crippen molar-refractivity contribution in [1.29, 1.82) is 0 Å². The Bertz CT molecular complexity index is 697. The molecule has 1 fully saturated rings. The zero-order valence-electron chi connectivity index (χ0n) is 10.6. The number of benzene rings is 1. The third-order valence-electron chi connectivity index (χ3n) is 3.27. The van der Waals surface area contributed by atoms with Gasteiger partial charge in [-0.25, -0.2) is 4.98 Å². The second-order valence-electron chi connectivity index (χ2n) is 4.63. The highest BCUT2D eigenvalue weighted by atomic mass is 32.1. The fourth-order valence-corrected chi connectivity index (χ4v) is 2.94. The van der Waals surface area contributed by atoms with Gasteiger partial charge in [-0.2, -0.15) is 0 Å². The molecule has 1 aromatic heterocycles. The van der Waals surface area contributed by atoms with E-state index in [1.807, 2.05) is 12.1 Å². The molecular formula is C13H12N2O4S. The zero-order valence-corrected chi connectivity index (χ0v) is 11.4. The number of ether oxygens (including phenoxy) is 1. The average Bonchev–Trinajstić information content (AvgIpc) is 3.13. The number of carboxylic acid groups (broad SMARTS) is 1. The number of anilines is 1. The molecule has 2 atom stereocenters. The maximum Gasteiger partial charge on any atom is 0.307 e. The number of aliphatic carboxylic acids is 1. The van der Waals surface area contributed by atoms with Crippen LogP contribution in [0.1, 0.15) is 6.42 Å². The van der Waals surface area contributed by atoms with Crippen molar-refractivity contribution in [1.82, 2.24) is 4.98 Å². The lowest BCUT2D eigenvalue weighted by molar-refractivity contribution is -0.139. The highest BCUT2D eigenvalue weighted by Gasteiger charge is 2.48. The Morgan fingerprint density at radius 2 is 2.25 bits per heavy atom. The smallest absolute Gasteiger partial charge is 0.307 e. The molecule has 1 heterocycles. The van der Waals surface area contributed by atoms with E-state index in [2.05, 4.69) is 10.3 Å². The molecule has 3 rings (SSSR count). The number of methoxy groups -OCH3 is 1. The van der Waals surface area contributed by atoms with Crippen LogP contribution < -0.4 is 10.1 Å². The Morgan fingerprint density at radius 3 is 2.90 bits per heavy atom. The summed E-state index contributed by atoms with van der Waals surface area (Å²) in [7, 11) is 1.59. The van der Waals surface area contributed by atoms with Crippen LogP contribution in [0.3, 0.4) is 0 Å². The Morgan fingerprint density at radius 1 is 1.45 bits per heavy atom. The van der Waals surface area contributed by atoms with Crippen molar-refractivity contribution in [2.75, 3.05) is 12.4 Å². The van der Waals surface area contributed by atoms with E-state index in [0.29, 0.717) is 11.6 Å². The lowest BCUT2D eigenvalue weighted by Gasteiger charge is -1.98. The van der Waals surface area contributed by atoms with Gasteiger partial charge in [-0.15, -0.1) is 0 Å². The minimum Gasteiger partial charge on any atom is -0.497 e. The van der Waals surface area contributed by atoms with Gasteiger partial charge in [0.15, 0.2) is 5.13 Å². The number of fused-ring (bicyclic) bond motifs is 1. The van der Waals surface area contributed by atoms with E-state index < -0.39 is 17.8 Å². The number of aromatic nitrogens is 1. The summed E-state index contributed by atoms with van der Waals surface area (Å²) in [6, 6.07) is 5.46. The van der Waals surface area contributed by atoms with Crippen LogP contribution in [-0.2, 0) is 9.59 Å². The number of rotatable bonds is 4. The van der Waals surface area contributed by atoms with Gasteiger partial charge in [0.25, 0.3) is 0 Å². The Kier molecular flexibility index (Phi) is 3.06. The summed E-state index contributed by atoms with van der Waals surface area (Å²) in [5, 5.41) is 12.0. The molecule has 0 saturated heterocycles. The number of thiazole rings is 1. The predicted octanol–water partition coefficient (Wildman–Crippen LogP) is 1.96. The SMILES string of the molecule is COc1ccc2nc(NC(=O)C3CC3C(=O)O)sc2c1. The lowest BCUT2D eigenvalue weighted by Crippen LogP contribution is -2.16. The maximum atomic E-state index is 11.9. The fraction of sp³-hybridized carbons (Fsp3) is 0.308. The normalized spacial score (nSPS) is 20.6. The molecule has 104 valence electrons. The Balaban J connectivity index is 1.75. The summed E-state index contributed by atoms with van der Waals surface area (Å²) in [5.74, 6) is -1.45. The van der Waals surface area contributed by atoms with Gasteiger partial charge in [0, 0.05) is 0 Å². The maximum absolute atomic E-state index is 11.9. The van der Waals surface area contributed by atoms with Gasteiger partial charge in [-0.1, -0.05) is 11.3 Å². The zero-order chi connectivity index (χ0) is 14.3. The van der Waals surface area contributed by atoms with E-state index in [1.165, 1.54) is 11.3 Å². The summed E-state index contributed by atoms with van der Waals surface area (Å²) in [6.45, 7) is 0. The van der Waals surface area contributed by atoms with Crippen molar-refractivity contribution < 1.29 is 19.4 Å². The van der Waals surface area contributed by atoms with Crippen LogP contribution in [0.5, 0.6) is 5.75 Å². The van der Waals surface area contributed by atoms with Gasteiger partial charge in [-0.3, -0.25) is 9.59 Å². The van der Waals surface area contributed by atoms with Crippen molar-refractivity contribution >= 4 is 38.6 Å². The van der Waals surface area contributed by atoms with E-state index in [-0.39, 0.29) is 5.91 Å². The molecule has 20 heavy (non-hydrogen) atoms. The van der Waals surface area contributed by atoms with E-state index in [9.17, 15) is 9.59 Å². The molecule has 0 spiro atoms. The molecule has 0 bridgehead atoms. The van der Waals surface area contributed by atoms with E-state index in [0.717, 1.165) is 16.0 Å². The van der Waals surface area contributed by atoms with Crippen LogP contribution in [0.4, 0.5) is 5.13 Å². The topological polar surface area (TPSA) is 88.5 Å². The highest BCUT2D eigenvalue weighted by molar-refractivity contribution is 7.22. The molecular weight excluding hydrogens is 280 g/mol. The van der Waals surface area contributed by atoms with Gasteiger partial charge < -0.3 is 15.2 Å². The Hall–Kier alpha value is -2.15. The molecule has 2 N–H and O–H groups in total. The number of carbonyl (C=O) groups is 2. The van der Waals surface area contributed by atoms with Gasteiger partial charge in [0.05, 0.1) is 29.2 Å². The molecule has 1 saturated carbocycles. The molecule has 6 nitrogen and oxygen atoms in total. The summed E-state index contributed by atoms with van der Waals surface area (Å²) in [4.78, 5) is 26.9. The van der Waals surface area contributed by atoms with Crippen LogP contribution in [0.15, 0.2) is 18.2 Å². The average molecular weight is 292 g/mol. The highest BCUT2D eigenvalue weighted by Crippen LogP contribution is 2.40. The molecule has 1 aromatic carbocycles. The lowest BCUT2D eigenvalue weighted by atomic mass is 10.3. The van der Waals surface area contributed by atoms with E-state index >= 15 is 0 Å². The molecule has 2 aromatic rings. The summed E-state index contributed by atoms with van der Waals surface area (Å²) in [6.07, 6.45) is 0.403. The predicted molar refractivity (Wildman–Crippen MR) is 74.0 cm³/mol. The number of nitrogens with zero attached hydrogens (tertiary/aromatic N) is 1. The van der Waals surface area contributed by atoms with Crippen LogP contribution in [0.2, 0.25) is 0 Å². The molecule has 1 amide bonds. The number of nitrogens with one attached hydrogen (secondary N) is 1. The second-order valence-corrected chi connectivity index (χ2v) is 5.66. The number of carboxylic acids is 1. The van der Waals surface area contributed by atoms with Crippen LogP contribution in [0.25, 0.3) is 10.2 Å². The summed E-state index contributed by atoms with van der Waals surface area (Å²) in [5.41, 5.74) is 0.775. The standard InChI is InChI=1S/C13H12N2O4S/c1-19-6-2-3-9-10(4-6)20-13(14-9)15-11(16)7-5-8(7)12(17)18/h2-4,7-8H,5H2,1H3,(H,17,18)(H,14,15,16). The first-order valence-electron chi connectivity index (χ1n) is 6.06. The molecule has 7 heteroatoms. The number of hydrogen-bond donors (Lipinski definition) is 2. The van der Waals surface area contributed by atoms with Crippen molar-refractivity contribution in [3.63, 3.8) is 0 Å². The summed E-state index contributed by atoms with van der Waals surface area (Å²) < 4.78 is 6.04. The van der Waals surface area contributed by atoms with Crippen LogP contribution in [0, 0.1) is 11.8 Å². The summed E-state index contributed by atoms with van der Waals surface area (Å²) >= 11 is 1.34. The van der Waals surface area contributed by atoms with Crippen molar-refractivity contribution in [3.8, 4) is 5.75 Å². The molecule has 1 aliphatic rings. The molecule has 1 aliphatic carbocycles. The minimum absolute atomic E-state index is 0.275. The van der Waals surface area contributed by atoms with Crippen LogP contribution >= 0.6 is 11.3 Å². The van der Waals surface area contributed by atoms with E-state index in [4.69, 9.17) is 9.84 Å². The van der Waals surface area contributed by atoms with Crippen molar-refractivity contribution in [2.45, 2.75) is 6.42 Å². The van der Waals surface area contributed by atoms with E-state index in [1.54, 1.807) is 13.2 Å². The largest absolute Gasteiger partial charge is 0.497 e. The third kappa shape index (κ3) is 2.32. The molecule has 0 radical (unpaired) electrons. The molecule has 2 unspecified atom stereocenters. The number of amides is 1. The quantitative estimate of drug-likeness (QED) is 0.899. The van der Waals surface area contributed by atoms with Crippen molar-refractivity contribution in [2.24, 2.45) is 11.8 Å². The van der Waals surface area contributed by atoms with Gasteiger partial charge in [0.1, 0.15) is 5.75 Å². The van der Waals surface area contributed by atoms with Gasteiger partial charge in [0.2, 0.25) is 5.91 Å². The minimum atomic E-state index is -0.917. The second kappa shape index (κ2) is 4.75. The molecule has 0 aliphatic heterocycles. The first-order valence-corrected chi connectivity index (χ1v) is 6.88. The van der Waals surface area contributed by atoms with Crippen molar-refractivity contribution in [3.05, 3.63) is 18.2 Å². The first kappa shape index (κ1) is 12.9. The third-order valence-corrected chi connectivity index (χ3v) is 4.20.